The minimum atomic E-state index is -4.38. The number of rotatable bonds is 6. The van der Waals surface area contributed by atoms with Gasteiger partial charge in [-0.2, -0.15) is 4.98 Å². The lowest BCUT2D eigenvalue weighted by atomic mass is 10.1. The summed E-state index contributed by atoms with van der Waals surface area (Å²) in [5.74, 6) is -0.830. The average Bonchev–Trinajstić information content (AvgIpc) is 3.74. The van der Waals surface area contributed by atoms with Crippen molar-refractivity contribution < 1.29 is 46.0 Å². The number of nitrogens with one attached hydrogen (secondary N) is 2. The highest BCUT2D eigenvalue weighted by molar-refractivity contribution is 8.07. The number of ether oxygens (including phenoxy) is 1. The standard InChI is InChI=1S/C26H31FN10O10P2S/c1-14(2)23(38)34-26-33-22-19(24(39)35-26)31-13-37(22)25-20-18(27)16(46-25)10-44-48(40,43-8-5-28-3)42-7-4-6-36-17(11-45-49(41,50)47-20)32-15-9-29-12-30-21(15)36/h9,12-14,16,18,20,25H,4-8,10-11H2,1-2H3,(H,41,50)(H2,33,34,35,38,39)/t16-,18-,20-,25-,48?,49?/m1/s1. The van der Waals surface area contributed by atoms with E-state index in [9.17, 15) is 19.0 Å². The number of alkyl halides is 1. The van der Waals surface area contributed by atoms with Crippen molar-refractivity contribution in [3.05, 3.63) is 46.4 Å². The van der Waals surface area contributed by atoms with Gasteiger partial charge in [0.15, 0.2) is 29.2 Å². The van der Waals surface area contributed by atoms with Gasteiger partial charge in [-0.3, -0.25) is 42.6 Å². The van der Waals surface area contributed by atoms with E-state index in [4.69, 9.17) is 45.7 Å². The van der Waals surface area contributed by atoms with Gasteiger partial charge in [0.05, 0.1) is 25.7 Å². The number of hydrogen-bond donors (Lipinski definition) is 3. The summed E-state index contributed by atoms with van der Waals surface area (Å²) in [6.07, 6.45) is -2.73. The Morgan fingerprint density at radius 3 is 2.90 bits per heavy atom. The largest absolute Gasteiger partial charge is 0.475 e. The lowest BCUT2D eigenvalue weighted by molar-refractivity contribution is -0.118. The highest BCUT2D eigenvalue weighted by atomic mass is 32.5. The molecule has 50 heavy (non-hydrogen) atoms. The molecule has 2 bridgehead atoms. The number of aromatic nitrogens is 8. The fourth-order valence-corrected chi connectivity index (χ4v) is 7.60. The van der Waals surface area contributed by atoms with E-state index in [0.29, 0.717) is 11.2 Å². The molecule has 268 valence electrons. The Morgan fingerprint density at radius 2 is 2.12 bits per heavy atom. The van der Waals surface area contributed by atoms with Gasteiger partial charge in [-0.05, 0) is 18.2 Å². The summed E-state index contributed by atoms with van der Waals surface area (Å²) in [7, 11) is -4.38. The Bertz CT molecular complexity index is 2090. The molecule has 20 nitrogen and oxygen atoms in total. The van der Waals surface area contributed by atoms with E-state index < -0.39 is 63.1 Å². The van der Waals surface area contributed by atoms with E-state index in [0.717, 1.165) is 10.9 Å². The fraction of sp³-hybridized carbons (Fsp3) is 0.538. The van der Waals surface area contributed by atoms with E-state index in [1.165, 1.54) is 12.5 Å². The first kappa shape index (κ1) is 36.2. The number of H-pyrrole nitrogens is 1. The molecule has 0 saturated carbocycles. The summed E-state index contributed by atoms with van der Waals surface area (Å²) in [6.45, 7) is 4.55. The van der Waals surface area contributed by atoms with Crippen LogP contribution < -0.4 is 10.9 Å². The molecular formula is C26H31FN10O10P2S. The average molecular weight is 757 g/mol. The van der Waals surface area contributed by atoms with Crippen molar-refractivity contribution in [1.82, 2.24) is 39.0 Å². The van der Waals surface area contributed by atoms with E-state index >= 15 is 4.39 Å². The maximum atomic E-state index is 16.3. The molecule has 24 heteroatoms. The maximum Gasteiger partial charge on any atom is 0.475 e. The molecule has 1 fully saturated rings. The monoisotopic (exact) mass is 756 g/mol. The van der Waals surface area contributed by atoms with Crippen LogP contribution in [-0.4, -0.2) is 94.6 Å². The number of anilines is 1. The topological polar surface area (TPSA) is 233 Å². The molecule has 0 aliphatic carbocycles. The molecular weight excluding hydrogens is 725 g/mol. The first-order valence-electron chi connectivity index (χ1n) is 15.1. The van der Waals surface area contributed by atoms with Crippen molar-refractivity contribution in [2.75, 3.05) is 31.7 Å². The number of carbonyl (C=O) groups is 1. The second-order valence-electron chi connectivity index (χ2n) is 11.3. The Labute approximate surface area is 287 Å². The van der Waals surface area contributed by atoms with Gasteiger partial charge in [-0.15, -0.1) is 0 Å². The molecule has 6 heterocycles. The number of amides is 1. The predicted octanol–water partition coefficient (Wildman–Crippen LogP) is 2.39. The van der Waals surface area contributed by atoms with Gasteiger partial charge in [0.2, 0.25) is 18.4 Å². The van der Waals surface area contributed by atoms with Crippen LogP contribution in [-0.2, 0) is 61.7 Å². The fourth-order valence-electron chi connectivity index (χ4n) is 5.07. The molecule has 6 atom stereocenters. The normalized spacial score (nSPS) is 28.1. The van der Waals surface area contributed by atoms with Gasteiger partial charge in [0.1, 0.15) is 43.1 Å². The van der Waals surface area contributed by atoms with Crippen LogP contribution in [0.25, 0.3) is 27.2 Å². The molecule has 4 aromatic heterocycles. The molecule has 4 aromatic rings. The Morgan fingerprint density at radius 1 is 1.30 bits per heavy atom. The van der Waals surface area contributed by atoms with Crippen LogP contribution in [0.15, 0.2) is 23.6 Å². The van der Waals surface area contributed by atoms with Crippen LogP contribution in [0.2, 0.25) is 0 Å². The molecule has 2 aliphatic heterocycles. The third-order valence-electron chi connectivity index (χ3n) is 7.46. The number of fused-ring (bicyclic) bond motifs is 6. The number of hydrogen-bond acceptors (Lipinski definition) is 15. The minimum absolute atomic E-state index is 0.135. The van der Waals surface area contributed by atoms with E-state index in [-0.39, 0.29) is 62.3 Å². The zero-order chi connectivity index (χ0) is 35.6. The van der Waals surface area contributed by atoms with Crippen LogP contribution in [0.1, 0.15) is 32.3 Å². The first-order chi connectivity index (χ1) is 23.9. The van der Waals surface area contributed by atoms with Crippen LogP contribution in [0, 0.1) is 12.5 Å². The number of aromatic amines is 1. The quantitative estimate of drug-likeness (QED) is 0.146. The second-order valence-corrected chi connectivity index (χ2v) is 15.7. The third kappa shape index (κ3) is 7.82. The van der Waals surface area contributed by atoms with Crippen molar-refractivity contribution in [1.29, 1.82) is 0 Å². The molecule has 1 amide bonds. The Hall–Kier alpha value is -3.61. The lowest BCUT2D eigenvalue weighted by Gasteiger charge is -2.25. The van der Waals surface area contributed by atoms with Crippen molar-refractivity contribution in [3.8, 4) is 0 Å². The van der Waals surface area contributed by atoms with E-state index in [1.807, 2.05) is 0 Å². The van der Waals surface area contributed by atoms with Gasteiger partial charge in [-0.1, -0.05) is 13.8 Å². The van der Waals surface area contributed by atoms with Gasteiger partial charge in [0, 0.05) is 12.5 Å². The molecule has 0 radical (unpaired) electrons. The number of phosphoric acid groups is 1. The minimum Gasteiger partial charge on any atom is -0.346 e. The smallest absolute Gasteiger partial charge is 0.346 e. The molecule has 0 aromatic carbocycles. The number of carbonyl (C=O) groups excluding carboxylic acids is 1. The zero-order valence-electron chi connectivity index (χ0n) is 26.4. The van der Waals surface area contributed by atoms with Gasteiger partial charge in [0.25, 0.3) is 5.56 Å². The molecule has 2 aliphatic rings. The van der Waals surface area contributed by atoms with Crippen molar-refractivity contribution in [3.63, 3.8) is 0 Å². The van der Waals surface area contributed by atoms with Gasteiger partial charge < -0.3 is 23.6 Å². The van der Waals surface area contributed by atoms with Crippen molar-refractivity contribution in [2.45, 2.75) is 58.0 Å². The third-order valence-corrected chi connectivity index (χ3v) is 10.5. The second kappa shape index (κ2) is 14.9. The number of halogens is 1. The van der Waals surface area contributed by atoms with Crippen LogP contribution in [0.4, 0.5) is 10.3 Å². The predicted molar refractivity (Wildman–Crippen MR) is 173 cm³/mol. The van der Waals surface area contributed by atoms with Crippen molar-refractivity contribution in [2.24, 2.45) is 5.92 Å². The number of imidazole rings is 2. The van der Waals surface area contributed by atoms with Gasteiger partial charge >= 0.3 is 14.5 Å². The summed E-state index contributed by atoms with van der Waals surface area (Å²) < 4.78 is 66.5. The Kier molecular flexibility index (Phi) is 10.8. The molecule has 3 N–H and O–H groups in total. The summed E-state index contributed by atoms with van der Waals surface area (Å²) in [5.41, 5.74) is -0.207. The highest BCUT2D eigenvalue weighted by Gasteiger charge is 2.51. The molecule has 0 spiro atoms. The summed E-state index contributed by atoms with van der Waals surface area (Å²) >= 11 is 5.30. The van der Waals surface area contributed by atoms with Crippen LogP contribution in [0.5, 0.6) is 0 Å². The number of phosphoric ester groups is 1. The van der Waals surface area contributed by atoms with Crippen molar-refractivity contribution >= 4 is 60.5 Å². The van der Waals surface area contributed by atoms with E-state index in [2.05, 4.69) is 40.1 Å². The highest BCUT2D eigenvalue weighted by Crippen LogP contribution is 2.53. The number of nitrogens with zero attached hydrogens (tertiary/aromatic N) is 8. The Balaban J connectivity index is 1.37. The molecule has 1 saturated heterocycles. The SMILES string of the molecule is [C-]#[N+]CCOP1(=O)OCCCn2c(nc3cncnc32)COP(O)(=S)O[C@@H]2[C@H](F)[C@@H](CO1)O[C@H]2n1cnc2c(=O)[nH]c(NC(=O)C(C)C)nc21. The summed E-state index contributed by atoms with van der Waals surface area (Å²) in [4.78, 5) is 63.1. The number of aryl methyl sites for hydroxylation is 1. The van der Waals surface area contributed by atoms with Crippen LogP contribution >= 0.6 is 14.5 Å². The summed E-state index contributed by atoms with van der Waals surface area (Å²) in [5, 5.41) is 2.49. The molecule has 6 rings (SSSR count). The van der Waals surface area contributed by atoms with Crippen LogP contribution in [0.3, 0.4) is 0 Å². The maximum absolute atomic E-state index is 16.3. The summed E-state index contributed by atoms with van der Waals surface area (Å²) in [6, 6.07) is 0. The van der Waals surface area contributed by atoms with E-state index in [1.54, 1.807) is 18.4 Å². The van der Waals surface area contributed by atoms with Gasteiger partial charge in [-0.25, -0.2) is 35.5 Å². The lowest BCUT2D eigenvalue weighted by Crippen LogP contribution is -2.32. The first-order valence-corrected chi connectivity index (χ1v) is 19.2. The zero-order valence-corrected chi connectivity index (χ0v) is 29.1. The molecule has 2 unspecified atom stereocenters.